The van der Waals surface area contributed by atoms with Crippen molar-refractivity contribution in [3.05, 3.63) is 52.9 Å². The maximum absolute atomic E-state index is 14.1. The highest BCUT2D eigenvalue weighted by molar-refractivity contribution is 6.33. The van der Waals surface area contributed by atoms with Crippen LogP contribution in [0, 0.1) is 5.82 Å². The van der Waals surface area contributed by atoms with Crippen LogP contribution in [0.2, 0.25) is 5.02 Å². The van der Waals surface area contributed by atoms with Gasteiger partial charge >= 0.3 is 5.97 Å². The summed E-state index contributed by atoms with van der Waals surface area (Å²) in [6, 6.07) is 8.34. The minimum absolute atomic E-state index is 0.0625. The normalized spacial score (nSPS) is 14.3. The first kappa shape index (κ1) is 24.0. The fourth-order valence-electron chi connectivity index (χ4n) is 4.01. The molecule has 3 aromatic rings. The highest BCUT2D eigenvalue weighted by atomic mass is 35.5. The summed E-state index contributed by atoms with van der Waals surface area (Å²) < 4.78 is 25.4. The molecule has 1 fully saturated rings. The Morgan fingerprint density at radius 3 is 2.65 bits per heavy atom. The number of rotatable bonds is 7. The standard InChI is InChI=1S/C25H28ClFN4O3/c1-4-33-22-14-20-16(13-21(22)31-11-9-30(3)10-12-31)24(17(15-28-20)25(32)34-5-2)29-19-8-6-7-18(27)23(19)26/h6-8,13-15H,4-5,9-12H2,1-3H3,(H,28,29). The summed E-state index contributed by atoms with van der Waals surface area (Å²) in [5.74, 6) is -0.355. The van der Waals surface area contributed by atoms with Gasteiger partial charge in [0.05, 0.1) is 40.8 Å². The number of esters is 1. The first-order valence-electron chi connectivity index (χ1n) is 11.3. The molecule has 9 heteroatoms. The van der Waals surface area contributed by atoms with Crippen LogP contribution in [-0.2, 0) is 4.74 Å². The van der Waals surface area contributed by atoms with Crippen LogP contribution in [0.4, 0.5) is 21.5 Å². The van der Waals surface area contributed by atoms with E-state index in [9.17, 15) is 9.18 Å². The maximum atomic E-state index is 14.1. The molecule has 7 nitrogen and oxygen atoms in total. The highest BCUT2D eigenvalue weighted by Crippen LogP contribution is 2.39. The number of hydrogen-bond donors (Lipinski definition) is 1. The van der Waals surface area contributed by atoms with Crippen molar-refractivity contribution in [3.63, 3.8) is 0 Å². The van der Waals surface area contributed by atoms with Crippen LogP contribution in [0.1, 0.15) is 24.2 Å². The molecule has 0 spiro atoms. The van der Waals surface area contributed by atoms with Crippen molar-refractivity contribution in [2.45, 2.75) is 13.8 Å². The molecule has 1 N–H and O–H groups in total. The Kier molecular flexibility index (Phi) is 7.38. The van der Waals surface area contributed by atoms with Crippen LogP contribution in [-0.4, -0.2) is 62.3 Å². The quantitative estimate of drug-likeness (QED) is 0.466. The molecule has 1 aliphatic heterocycles. The van der Waals surface area contributed by atoms with E-state index in [1.807, 2.05) is 19.1 Å². The van der Waals surface area contributed by atoms with Crippen LogP contribution >= 0.6 is 11.6 Å². The molecule has 0 atom stereocenters. The third-order valence-corrected chi connectivity index (χ3v) is 6.18. The van der Waals surface area contributed by atoms with Crippen molar-refractivity contribution >= 4 is 45.5 Å². The fourth-order valence-corrected chi connectivity index (χ4v) is 4.18. The summed E-state index contributed by atoms with van der Waals surface area (Å²) >= 11 is 6.22. The average molecular weight is 487 g/mol. The van der Waals surface area contributed by atoms with E-state index in [1.54, 1.807) is 19.1 Å². The van der Waals surface area contributed by atoms with E-state index < -0.39 is 11.8 Å². The monoisotopic (exact) mass is 486 g/mol. The molecule has 0 aliphatic carbocycles. The lowest BCUT2D eigenvalue weighted by atomic mass is 10.1. The Labute approximate surface area is 203 Å². The molecule has 1 saturated heterocycles. The molecule has 2 aromatic carbocycles. The topological polar surface area (TPSA) is 66.9 Å². The van der Waals surface area contributed by atoms with Gasteiger partial charge in [0.2, 0.25) is 0 Å². The molecule has 0 amide bonds. The number of carbonyl (C=O) groups is 1. The number of aromatic nitrogens is 1. The number of halogens is 2. The summed E-state index contributed by atoms with van der Waals surface area (Å²) in [6.07, 6.45) is 1.46. The summed E-state index contributed by atoms with van der Waals surface area (Å²) in [7, 11) is 2.10. The minimum Gasteiger partial charge on any atom is -0.492 e. The van der Waals surface area contributed by atoms with Gasteiger partial charge < -0.3 is 24.6 Å². The number of fused-ring (bicyclic) bond motifs is 1. The molecule has 180 valence electrons. The Balaban J connectivity index is 1.90. The van der Waals surface area contributed by atoms with E-state index >= 15 is 0 Å². The molecule has 0 unspecified atom stereocenters. The highest BCUT2D eigenvalue weighted by Gasteiger charge is 2.23. The molecule has 0 radical (unpaired) electrons. The van der Waals surface area contributed by atoms with Crippen molar-refractivity contribution in [1.29, 1.82) is 0 Å². The van der Waals surface area contributed by atoms with Crippen LogP contribution in [0.15, 0.2) is 36.5 Å². The van der Waals surface area contributed by atoms with E-state index in [1.165, 1.54) is 12.3 Å². The van der Waals surface area contributed by atoms with E-state index in [0.29, 0.717) is 28.9 Å². The number of benzene rings is 2. The zero-order valence-electron chi connectivity index (χ0n) is 19.5. The van der Waals surface area contributed by atoms with Crippen LogP contribution < -0.4 is 15.0 Å². The number of carbonyl (C=O) groups excluding carboxylic acids is 1. The molecule has 0 bridgehead atoms. The summed E-state index contributed by atoms with van der Waals surface area (Å²) in [4.78, 5) is 21.8. The zero-order valence-corrected chi connectivity index (χ0v) is 20.3. The SMILES string of the molecule is CCOC(=O)c1cnc2cc(OCC)c(N3CCN(C)CC3)cc2c1Nc1cccc(F)c1Cl. The molecular weight excluding hydrogens is 459 g/mol. The number of hydrogen-bond acceptors (Lipinski definition) is 7. The molecule has 2 heterocycles. The van der Waals surface area contributed by atoms with Crippen molar-refractivity contribution in [2.24, 2.45) is 0 Å². The van der Waals surface area contributed by atoms with Crippen LogP contribution in [0.3, 0.4) is 0 Å². The van der Waals surface area contributed by atoms with E-state index in [-0.39, 0.29) is 17.2 Å². The van der Waals surface area contributed by atoms with Crippen molar-refractivity contribution in [3.8, 4) is 5.75 Å². The van der Waals surface area contributed by atoms with Gasteiger partial charge in [-0.05, 0) is 39.1 Å². The molecule has 4 rings (SSSR count). The number of ether oxygens (including phenoxy) is 2. The van der Waals surface area contributed by atoms with Gasteiger partial charge in [0.15, 0.2) is 0 Å². The van der Waals surface area contributed by atoms with Gasteiger partial charge in [-0.25, -0.2) is 9.18 Å². The van der Waals surface area contributed by atoms with Crippen LogP contribution in [0.5, 0.6) is 5.75 Å². The molecule has 34 heavy (non-hydrogen) atoms. The van der Waals surface area contributed by atoms with Crippen LogP contribution in [0.25, 0.3) is 10.9 Å². The number of anilines is 3. The molecular formula is C25H28ClFN4O3. The second-order valence-corrected chi connectivity index (χ2v) is 8.43. The van der Waals surface area contributed by atoms with Gasteiger partial charge in [-0.2, -0.15) is 0 Å². The van der Waals surface area contributed by atoms with E-state index in [2.05, 4.69) is 27.1 Å². The van der Waals surface area contributed by atoms with Crippen molar-refractivity contribution in [2.75, 3.05) is 56.7 Å². The van der Waals surface area contributed by atoms with Crippen molar-refractivity contribution < 1.29 is 18.7 Å². The summed E-state index contributed by atoms with van der Waals surface area (Å²) in [5.41, 5.74) is 2.58. The smallest absolute Gasteiger partial charge is 0.341 e. The number of nitrogens with zero attached hydrogens (tertiary/aromatic N) is 3. The number of pyridine rings is 1. The van der Waals surface area contributed by atoms with Gasteiger partial charge in [-0.3, -0.25) is 4.98 Å². The van der Waals surface area contributed by atoms with E-state index in [4.69, 9.17) is 21.1 Å². The van der Waals surface area contributed by atoms with Gasteiger partial charge in [0, 0.05) is 43.8 Å². The summed E-state index contributed by atoms with van der Waals surface area (Å²) in [6.45, 7) is 7.93. The molecule has 1 aromatic heterocycles. The largest absolute Gasteiger partial charge is 0.492 e. The zero-order chi connectivity index (χ0) is 24.2. The Hall–Kier alpha value is -3.10. The lowest BCUT2D eigenvalue weighted by molar-refractivity contribution is 0.0527. The van der Waals surface area contributed by atoms with Gasteiger partial charge in [0.1, 0.15) is 17.1 Å². The van der Waals surface area contributed by atoms with Gasteiger partial charge in [0.25, 0.3) is 0 Å². The Morgan fingerprint density at radius 1 is 1.18 bits per heavy atom. The van der Waals surface area contributed by atoms with E-state index in [0.717, 1.165) is 37.6 Å². The number of likely N-dealkylation sites (N-methyl/N-ethyl adjacent to an activating group) is 1. The maximum Gasteiger partial charge on any atom is 0.341 e. The number of nitrogens with one attached hydrogen (secondary N) is 1. The average Bonchev–Trinajstić information content (AvgIpc) is 2.82. The second kappa shape index (κ2) is 10.4. The third-order valence-electron chi connectivity index (χ3n) is 5.80. The number of piperazine rings is 1. The third kappa shape index (κ3) is 4.88. The lowest BCUT2D eigenvalue weighted by Crippen LogP contribution is -2.44. The second-order valence-electron chi connectivity index (χ2n) is 8.05. The molecule has 1 aliphatic rings. The predicted octanol–water partition coefficient (Wildman–Crippen LogP) is 5.10. The fraction of sp³-hybridized carbons (Fsp3) is 0.360. The molecule has 0 saturated carbocycles. The minimum atomic E-state index is -0.556. The predicted molar refractivity (Wildman–Crippen MR) is 133 cm³/mol. The Morgan fingerprint density at radius 2 is 1.94 bits per heavy atom. The van der Waals surface area contributed by atoms with Gasteiger partial charge in [-0.15, -0.1) is 0 Å². The Bertz CT molecular complexity index is 1200. The first-order valence-corrected chi connectivity index (χ1v) is 11.7. The lowest BCUT2D eigenvalue weighted by Gasteiger charge is -2.35. The van der Waals surface area contributed by atoms with Crippen molar-refractivity contribution in [1.82, 2.24) is 9.88 Å². The first-order chi connectivity index (χ1) is 16.4. The van der Waals surface area contributed by atoms with Gasteiger partial charge in [-0.1, -0.05) is 17.7 Å². The summed E-state index contributed by atoms with van der Waals surface area (Å²) in [5, 5.41) is 3.79.